The fraction of sp³-hybridized carbons (Fsp3) is 0.476. The maximum Gasteiger partial charge on any atom is 0.229 e. The van der Waals surface area contributed by atoms with Gasteiger partial charge in [-0.25, -0.2) is 4.98 Å². The lowest BCUT2D eigenvalue weighted by Crippen LogP contribution is -2.56. The Morgan fingerprint density at radius 1 is 1.29 bits per heavy atom. The van der Waals surface area contributed by atoms with Gasteiger partial charge in [0.15, 0.2) is 5.72 Å². The third-order valence-corrected chi connectivity index (χ3v) is 6.16. The molecule has 3 saturated heterocycles. The Bertz CT molecular complexity index is 925. The van der Waals surface area contributed by atoms with Gasteiger partial charge in [0.1, 0.15) is 5.76 Å². The molecule has 3 aliphatic rings. The second-order valence-corrected chi connectivity index (χ2v) is 7.71. The van der Waals surface area contributed by atoms with Crippen LogP contribution >= 0.6 is 0 Å². The molecule has 0 bridgehead atoms. The van der Waals surface area contributed by atoms with E-state index < -0.39 is 5.72 Å². The van der Waals surface area contributed by atoms with Crippen LogP contribution in [0.3, 0.4) is 0 Å². The third kappa shape index (κ3) is 2.57. The van der Waals surface area contributed by atoms with E-state index in [9.17, 15) is 9.59 Å². The van der Waals surface area contributed by atoms with Crippen LogP contribution in [0.1, 0.15) is 30.7 Å². The maximum atomic E-state index is 13.1. The largest absolute Gasteiger partial charge is 0.441 e. The molecular formula is C21H23N3O4. The van der Waals surface area contributed by atoms with E-state index in [0.29, 0.717) is 43.3 Å². The minimum absolute atomic E-state index is 0.0262. The van der Waals surface area contributed by atoms with Gasteiger partial charge in [0.25, 0.3) is 0 Å². The Hall–Kier alpha value is -2.67. The zero-order chi connectivity index (χ0) is 19.3. The maximum absolute atomic E-state index is 13.1. The lowest BCUT2D eigenvalue weighted by atomic mass is 10.0. The van der Waals surface area contributed by atoms with Crippen molar-refractivity contribution in [2.24, 2.45) is 0 Å². The summed E-state index contributed by atoms with van der Waals surface area (Å²) in [6.45, 7) is 3.81. The summed E-state index contributed by atoms with van der Waals surface area (Å²) in [5, 5.41) is 0. The number of aromatic nitrogens is 1. The second kappa shape index (κ2) is 6.44. The van der Waals surface area contributed by atoms with Crippen molar-refractivity contribution in [2.45, 2.75) is 44.4 Å². The summed E-state index contributed by atoms with van der Waals surface area (Å²) in [4.78, 5) is 33.7. The van der Waals surface area contributed by atoms with Gasteiger partial charge in [-0.2, -0.15) is 0 Å². The summed E-state index contributed by atoms with van der Waals surface area (Å²) in [7, 11) is 0. The zero-order valence-corrected chi connectivity index (χ0v) is 15.9. The summed E-state index contributed by atoms with van der Waals surface area (Å²) < 4.78 is 11.9. The van der Waals surface area contributed by atoms with E-state index >= 15 is 0 Å². The Morgan fingerprint density at radius 2 is 2.11 bits per heavy atom. The number of benzene rings is 1. The number of carbonyl (C=O) groups is 2. The molecule has 7 nitrogen and oxygen atoms in total. The first-order chi connectivity index (χ1) is 13.6. The van der Waals surface area contributed by atoms with Crippen LogP contribution in [-0.2, 0) is 20.7 Å². The fourth-order valence-electron chi connectivity index (χ4n) is 4.79. The number of ether oxygens (including phenoxy) is 1. The van der Waals surface area contributed by atoms with E-state index in [0.717, 1.165) is 18.5 Å². The molecule has 0 aliphatic carbocycles. The van der Waals surface area contributed by atoms with Crippen molar-refractivity contribution in [3.05, 3.63) is 41.8 Å². The molecule has 2 atom stereocenters. The highest BCUT2D eigenvalue weighted by Gasteiger charge is 2.61. The zero-order valence-electron chi connectivity index (χ0n) is 15.9. The van der Waals surface area contributed by atoms with Crippen molar-refractivity contribution in [3.63, 3.8) is 0 Å². The average molecular weight is 381 g/mol. The number of hydrogen-bond donors (Lipinski definition) is 0. The first-order valence-electron chi connectivity index (χ1n) is 9.84. The minimum Gasteiger partial charge on any atom is -0.441 e. The van der Waals surface area contributed by atoms with E-state index in [1.807, 2.05) is 47.1 Å². The van der Waals surface area contributed by atoms with E-state index in [2.05, 4.69) is 4.98 Å². The number of hydrogen-bond acceptors (Lipinski definition) is 5. The van der Waals surface area contributed by atoms with E-state index in [1.54, 1.807) is 0 Å². The Kier molecular flexibility index (Phi) is 4.01. The summed E-state index contributed by atoms with van der Waals surface area (Å²) in [5.74, 6) is 1.24. The quantitative estimate of drug-likeness (QED) is 0.814. The van der Waals surface area contributed by atoms with Gasteiger partial charge in [0.05, 0.1) is 31.2 Å². The topological polar surface area (TPSA) is 75.9 Å². The average Bonchev–Trinajstić information content (AvgIpc) is 3.33. The molecule has 146 valence electrons. The van der Waals surface area contributed by atoms with Crippen LogP contribution in [0, 0.1) is 6.92 Å². The van der Waals surface area contributed by atoms with Crippen LogP contribution in [0.15, 0.2) is 34.7 Å². The van der Waals surface area contributed by atoms with Gasteiger partial charge in [-0.05, 0) is 25.5 Å². The highest BCUT2D eigenvalue weighted by molar-refractivity contribution is 5.85. The van der Waals surface area contributed by atoms with Gasteiger partial charge in [-0.1, -0.05) is 18.2 Å². The highest BCUT2D eigenvalue weighted by Crippen LogP contribution is 2.45. The molecule has 1 aromatic heterocycles. The van der Waals surface area contributed by atoms with Crippen molar-refractivity contribution < 1.29 is 18.7 Å². The first-order valence-corrected chi connectivity index (χ1v) is 9.84. The monoisotopic (exact) mass is 381 g/mol. The Balaban J connectivity index is 1.36. The van der Waals surface area contributed by atoms with Crippen molar-refractivity contribution in [3.8, 4) is 11.5 Å². The summed E-state index contributed by atoms with van der Waals surface area (Å²) in [6.07, 6.45) is 2.05. The van der Waals surface area contributed by atoms with Gasteiger partial charge in [-0.15, -0.1) is 0 Å². The highest BCUT2D eigenvalue weighted by atomic mass is 16.5. The second-order valence-electron chi connectivity index (χ2n) is 7.71. The summed E-state index contributed by atoms with van der Waals surface area (Å²) >= 11 is 0. The third-order valence-electron chi connectivity index (χ3n) is 6.16. The molecule has 0 N–H and O–H groups in total. The summed E-state index contributed by atoms with van der Waals surface area (Å²) in [5.41, 5.74) is 0.923. The number of rotatable bonds is 3. The molecule has 5 rings (SSSR count). The molecule has 7 heteroatoms. The standard InChI is InChI=1S/C21H23N3O4/c1-14-16(22-20(28-14)15-6-3-2-4-7-15)12-18(25)23-10-8-21-17(23)13-19(26)24(21)9-5-11-27-21/h2-4,6-7,17H,5,8-13H2,1H3/t17-,21+/m1/s1. The van der Waals surface area contributed by atoms with Gasteiger partial charge in [-0.3, -0.25) is 9.59 Å². The van der Waals surface area contributed by atoms with Gasteiger partial charge in [0.2, 0.25) is 17.7 Å². The Labute approximate surface area is 163 Å². The van der Waals surface area contributed by atoms with Crippen molar-refractivity contribution >= 4 is 11.8 Å². The number of oxazole rings is 1. The van der Waals surface area contributed by atoms with Gasteiger partial charge < -0.3 is 19.0 Å². The van der Waals surface area contributed by atoms with Gasteiger partial charge >= 0.3 is 0 Å². The van der Waals surface area contributed by atoms with Crippen molar-refractivity contribution in [1.29, 1.82) is 0 Å². The normalized spacial score (nSPS) is 26.5. The molecule has 1 aromatic carbocycles. The SMILES string of the molecule is Cc1oc(-c2ccccc2)nc1CC(=O)N1CC[C@@]23OCCCN2C(=O)C[C@@H]13. The van der Waals surface area contributed by atoms with E-state index in [-0.39, 0.29) is 24.3 Å². The number of carbonyl (C=O) groups excluding carboxylic acids is 2. The molecule has 0 saturated carbocycles. The molecule has 4 heterocycles. The number of likely N-dealkylation sites (tertiary alicyclic amines) is 1. The van der Waals surface area contributed by atoms with Crippen LogP contribution in [-0.4, -0.2) is 58.1 Å². The van der Waals surface area contributed by atoms with Crippen LogP contribution in [0.2, 0.25) is 0 Å². The smallest absolute Gasteiger partial charge is 0.229 e. The number of aryl methyl sites for hydroxylation is 1. The molecular weight excluding hydrogens is 358 g/mol. The molecule has 3 aliphatic heterocycles. The lowest BCUT2D eigenvalue weighted by Gasteiger charge is -2.42. The number of amides is 2. The van der Waals surface area contributed by atoms with E-state index in [1.165, 1.54) is 0 Å². The van der Waals surface area contributed by atoms with Crippen LogP contribution in [0.5, 0.6) is 0 Å². The molecule has 0 unspecified atom stereocenters. The van der Waals surface area contributed by atoms with Crippen LogP contribution in [0.4, 0.5) is 0 Å². The van der Waals surface area contributed by atoms with Crippen molar-refractivity contribution in [1.82, 2.24) is 14.8 Å². The molecule has 2 amide bonds. The van der Waals surface area contributed by atoms with Crippen molar-refractivity contribution in [2.75, 3.05) is 19.7 Å². The fourth-order valence-corrected chi connectivity index (χ4v) is 4.79. The van der Waals surface area contributed by atoms with Crippen LogP contribution in [0.25, 0.3) is 11.5 Å². The molecule has 2 aromatic rings. The minimum atomic E-state index is -0.612. The molecule has 1 spiro atoms. The molecule has 3 fully saturated rings. The van der Waals surface area contributed by atoms with Gasteiger partial charge in [0, 0.05) is 25.1 Å². The molecule has 28 heavy (non-hydrogen) atoms. The molecule has 0 radical (unpaired) electrons. The van der Waals surface area contributed by atoms with Crippen LogP contribution < -0.4 is 0 Å². The first kappa shape index (κ1) is 17.4. The lowest BCUT2D eigenvalue weighted by molar-refractivity contribution is -0.181. The van der Waals surface area contributed by atoms with E-state index in [4.69, 9.17) is 9.15 Å². The summed E-state index contributed by atoms with van der Waals surface area (Å²) in [6, 6.07) is 9.45. The predicted octanol–water partition coefficient (Wildman–Crippen LogP) is 2.14. The predicted molar refractivity (Wildman–Crippen MR) is 100 cm³/mol. The number of nitrogens with zero attached hydrogens (tertiary/aromatic N) is 3. The Morgan fingerprint density at radius 3 is 2.93 bits per heavy atom.